The molecule has 0 aliphatic rings. The van der Waals surface area contributed by atoms with Crippen LogP contribution in [0.5, 0.6) is 0 Å². The first kappa shape index (κ1) is 13.3. The monoisotopic (exact) mass is 307 g/mol. The van der Waals surface area contributed by atoms with Gasteiger partial charge in [-0.15, -0.1) is 0 Å². The Hall–Kier alpha value is -1.13. The number of nitrogens with zero attached hydrogens (tertiary/aromatic N) is 2. The van der Waals surface area contributed by atoms with Gasteiger partial charge in [0.1, 0.15) is 0 Å². The normalized spacial score (nSPS) is 11.1. The van der Waals surface area contributed by atoms with Crippen LogP contribution in [-0.2, 0) is 6.54 Å². The lowest BCUT2D eigenvalue weighted by atomic mass is 10.2. The fourth-order valence-electron chi connectivity index (χ4n) is 1.83. The number of imidazole rings is 1. The second-order valence-electron chi connectivity index (χ2n) is 4.59. The highest BCUT2D eigenvalue weighted by Crippen LogP contribution is 2.21. The summed E-state index contributed by atoms with van der Waals surface area (Å²) in [6, 6.07) is 8.84. The molecule has 0 atom stereocenters. The van der Waals surface area contributed by atoms with E-state index in [9.17, 15) is 0 Å². The number of nitrogens with one attached hydrogen (secondary N) is 1. The van der Waals surface area contributed by atoms with E-state index >= 15 is 0 Å². The van der Waals surface area contributed by atoms with Crippen LogP contribution in [0.1, 0.15) is 13.8 Å². The summed E-state index contributed by atoms with van der Waals surface area (Å²) in [5.74, 6) is 0. The molecule has 1 aromatic heterocycles. The largest absolute Gasteiger partial charge is 0.329 e. The molecule has 0 saturated carbocycles. The minimum absolute atomic E-state index is 0.518. The van der Waals surface area contributed by atoms with Crippen molar-refractivity contribution in [3.05, 3.63) is 41.3 Å². The lowest BCUT2D eigenvalue weighted by Gasteiger charge is -2.11. The molecule has 0 amide bonds. The molecule has 2 rings (SSSR count). The molecule has 2 aromatic rings. The molecular formula is C14H18BrN3. The second-order valence-corrected chi connectivity index (χ2v) is 5.50. The Balaban J connectivity index is 2.10. The molecule has 1 heterocycles. The van der Waals surface area contributed by atoms with Gasteiger partial charge in [0.25, 0.3) is 0 Å². The molecule has 1 N–H and O–H groups in total. The highest BCUT2D eigenvalue weighted by Gasteiger charge is 2.04. The van der Waals surface area contributed by atoms with Crippen LogP contribution in [0.4, 0.5) is 0 Å². The predicted octanol–water partition coefficient (Wildman–Crippen LogP) is 3.31. The Morgan fingerprint density at radius 2 is 2.00 bits per heavy atom. The van der Waals surface area contributed by atoms with Crippen LogP contribution >= 0.6 is 15.9 Å². The number of rotatable bonds is 5. The van der Waals surface area contributed by atoms with E-state index in [0.29, 0.717) is 6.04 Å². The van der Waals surface area contributed by atoms with Crippen molar-refractivity contribution in [1.82, 2.24) is 14.9 Å². The van der Waals surface area contributed by atoms with Crippen LogP contribution in [-0.4, -0.2) is 22.1 Å². The SMILES string of the molecule is CC(C)NCCn1cncc1-c1ccc(Br)cc1. The van der Waals surface area contributed by atoms with Gasteiger partial charge in [0.15, 0.2) is 0 Å². The molecule has 0 bridgehead atoms. The fourth-order valence-corrected chi connectivity index (χ4v) is 2.10. The van der Waals surface area contributed by atoms with E-state index in [1.165, 1.54) is 5.56 Å². The van der Waals surface area contributed by atoms with Crippen LogP contribution < -0.4 is 5.32 Å². The third-order valence-corrected chi connectivity index (χ3v) is 3.29. The van der Waals surface area contributed by atoms with Crippen molar-refractivity contribution in [3.8, 4) is 11.3 Å². The van der Waals surface area contributed by atoms with Crippen LogP contribution in [0.15, 0.2) is 41.3 Å². The zero-order chi connectivity index (χ0) is 13.0. The van der Waals surface area contributed by atoms with Gasteiger partial charge in [0.2, 0.25) is 0 Å². The van der Waals surface area contributed by atoms with Gasteiger partial charge >= 0.3 is 0 Å². The average molecular weight is 308 g/mol. The van der Waals surface area contributed by atoms with Gasteiger partial charge in [0, 0.05) is 23.6 Å². The van der Waals surface area contributed by atoms with Crippen LogP contribution in [0.3, 0.4) is 0 Å². The van der Waals surface area contributed by atoms with Crippen molar-refractivity contribution in [2.45, 2.75) is 26.4 Å². The van der Waals surface area contributed by atoms with Crippen molar-refractivity contribution in [2.75, 3.05) is 6.54 Å². The van der Waals surface area contributed by atoms with E-state index in [4.69, 9.17) is 0 Å². The van der Waals surface area contributed by atoms with Crippen LogP contribution in [0.2, 0.25) is 0 Å². The molecule has 18 heavy (non-hydrogen) atoms. The molecule has 0 aliphatic carbocycles. The molecule has 0 unspecified atom stereocenters. The molecule has 3 nitrogen and oxygen atoms in total. The van der Waals surface area contributed by atoms with Crippen LogP contribution in [0.25, 0.3) is 11.3 Å². The summed E-state index contributed by atoms with van der Waals surface area (Å²) in [5, 5.41) is 3.42. The molecule has 1 aromatic carbocycles. The van der Waals surface area contributed by atoms with Crippen molar-refractivity contribution in [1.29, 1.82) is 0 Å². The number of hydrogen-bond donors (Lipinski definition) is 1. The van der Waals surface area contributed by atoms with E-state index < -0.39 is 0 Å². The zero-order valence-electron chi connectivity index (χ0n) is 10.7. The van der Waals surface area contributed by atoms with E-state index in [1.54, 1.807) is 0 Å². The number of halogens is 1. The Kier molecular flexibility index (Phi) is 4.55. The van der Waals surface area contributed by atoms with Crippen molar-refractivity contribution in [3.63, 3.8) is 0 Å². The van der Waals surface area contributed by atoms with E-state index in [1.807, 2.05) is 12.5 Å². The van der Waals surface area contributed by atoms with Crippen molar-refractivity contribution < 1.29 is 0 Å². The third kappa shape index (κ3) is 3.43. The molecule has 0 radical (unpaired) electrons. The summed E-state index contributed by atoms with van der Waals surface area (Å²) in [6.45, 7) is 6.20. The maximum Gasteiger partial charge on any atom is 0.0951 e. The second kappa shape index (κ2) is 6.16. The highest BCUT2D eigenvalue weighted by molar-refractivity contribution is 9.10. The molecular weight excluding hydrogens is 290 g/mol. The molecule has 0 aliphatic heterocycles. The highest BCUT2D eigenvalue weighted by atomic mass is 79.9. The molecule has 0 spiro atoms. The maximum absolute atomic E-state index is 4.24. The van der Waals surface area contributed by atoms with Crippen molar-refractivity contribution in [2.24, 2.45) is 0 Å². The Morgan fingerprint density at radius 1 is 1.28 bits per heavy atom. The predicted molar refractivity (Wildman–Crippen MR) is 78.5 cm³/mol. The fraction of sp³-hybridized carbons (Fsp3) is 0.357. The summed E-state index contributed by atoms with van der Waals surface area (Å²) in [6.07, 6.45) is 3.80. The number of aromatic nitrogens is 2. The summed E-state index contributed by atoms with van der Waals surface area (Å²) in [4.78, 5) is 4.24. The standard InChI is InChI=1S/C14H18BrN3/c1-11(2)17-7-8-18-10-16-9-14(18)12-3-5-13(15)6-4-12/h3-6,9-11,17H,7-8H2,1-2H3. The maximum atomic E-state index is 4.24. The van der Waals surface area contributed by atoms with Gasteiger partial charge in [-0.05, 0) is 17.7 Å². The lowest BCUT2D eigenvalue weighted by molar-refractivity contribution is 0.543. The van der Waals surface area contributed by atoms with E-state index in [-0.39, 0.29) is 0 Å². The topological polar surface area (TPSA) is 29.9 Å². The molecule has 96 valence electrons. The van der Waals surface area contributed by atoms with Gasteiger partial charge in [-0.25, -0.2) is 4.98 Å². The average Bonchev–Trinajstić information content (AvgIpc) is 2.78. The Labute approximate surface area is 116 Å². The summed E-state index contributed by atoms with van der Waals surface area (Å²) in [5.41, 5.74) is 2.35. The van der Waals surface area contributed by atoms with Gasteiger partial charge < -0.3 is 9.88 Å². The van der Waals surface area contributed by atoms with E-state index in [2.05, 4.69) is 68.9 Å². The van der Waals surface area contributed by atoms with E-state index in [0.717, 1.165) is 23.3 Å². The number of hydrogen-bond acceptors (Lipinski definition) is 2. The van der Waals surface area contributed by atoms with Gasteiger partial charge in [-0.3, -0.25) is 0 Å². The lowest BCUT2D eigenvalue weighted by Crippen LogP contribution is -2.26. The Morgan fingerprint density at radius 3 is 2.67 bits per heavy atom. The molecule has 0 fully saturated rings. The smallest absolute Gasteiger partial charge is 0.0951 e. The van der Waals surface area contributed by atoms with Crippen LogP contribution in [0, 0.1) is 0 Å². The third-order valence-electron chi connectivity index (χ3n) is 2.76. The summed E-state index contributed by atoms with van der Waals surface area (Å²) >= 11 is 3.45. The minimum atomic E-state index is 0.518. The quantitative estimate of drug-likeness (QED) is 0.918. The Bertz CT molecular complexity index is 488. The van der Waals surface area contributed by atoms with Crippen molar-refractivity contribution >= 4 is 15.9 Å². The summed E-state index contributed by atoms with van der Waals surface area (Å²) < 4.78 is 3.28. The minimum Gasteiger partial charge on any atom is -0.329 e. The zero-order valence-corrected chi connectivity index (χ0v) is 12.3. The van der Waals surface area contributed by atoms with Gasteiger partial charge in [-0.2, -0.15) is 0 Å². The van der Waals surface area contributed by atoms with Gasteiger partial charge in [0.05, 0.1) is 18.2 Å². The first-order valence-electron chi connectivity index (χ1n) is 6.16. The molecule has 4 heteroatoms. The number of benzene rings is 1. The van der Waals surface area contributed by atoms with Gasteiger partial charge in [-0.1, -0.05) is 41.9 Å². The first-order valence-corrected chi connectivity index (χ1v) is 6.95. The molecule has 0 saturated heterocycles. The first-order chi connectivity index (χ1) is 8.66. The summed E-state index contributed by atoms with van der Waals surface area (Å²) in [7, 11) is 0.